The largest absolute Gasteiger partial charge is 0.469 e. The van der Waals surface area contributed by atoms with Crippen molar-refractivity contribution in [3.63, 3.8) is 0 Å². The Labute approximate surface area is 149 Å². The van der Waals surface area contributed by atoms with Gasteiger partial charge >= 0.3 is 5.97 Å². The van der Waals surface area contributed by atoms with Crippen molar-refractivity contribution >= 4 is 18.1 Å². The fraction of sp³-hybridized carbons (Fsp3) is 0.722. The average molecular weight is 347 g/mol. The van der Waals surface area contributed by atoms with E-state index in [9.17, 15) is 4.79 Å². The Bertz CT molecular complexity index is 585. The molecule has 1 N–H and O–H groups in total. The highest BCUT2D eigenvalue weighted by molar-refractivity contribution is 5.73. The molecule has 1 aliphatic heterocycles. The number of aliphatic imine (C=N–C) groups is 1. The van der Waals surface area contributed by atoms with Crippen LogP contribution in [0.2, 0.25) is 0 Å². The van der Waals surface area contributed by atoms with Crippen LogP contribution >= 0.6 is 0 Å². The molecule has 1 aromatic heterocycles. The minimum absolute atomic E-state index is 0.00233. The molecule has 138 valence electrons. The SMILES string of the molecule is COC(=O)C(CCC=Nc1ncncn1)C1CC(C)(C)NC(C)(C)C1. The van der Waals surface area contributed by atoms with E-state index in [1.165, 1.54) is 19.8 Å². The number of ether oxygens (including phenoxy) is 1. The van der Waals surface area contributed by atoms with E-state index in [4.69, 9.17) is 4.74 Å². The molecule has 7 heteroatoms. The van der Waals surface area contributed by atoms with Gasteiger partial charge in [-0.25, -0.2) is 9.98 Å². The number of esters is 1. The third-order valence-corrected chi connectivity index (χ3v) is 4.59. The summed E-state index contributed by atoms with van der Waals surface area (Å²) in [6.45, 7) is 8.77. The van der Waals surface area contributed by atoms with Crippen molar-refractivity contribution in [2.24, 2.45) is 16.8 Å². The first kappa shape index (κ1) is 19.4. The molecule has 1 atom stereocenters. The van der Waals surface area contributed by atoms with Gasteiger partial charge in [0.2, 0.25) is 0 Å². The highest BCUT2D eigenvalue weighted by Crippen LogP contribution is 2.38. The first-order valence-corrected chi connectivity index (χ1v) is 8.74. The summed E-state index contributed by atoms with van der Waals surface area (Å²) in [5.74, 6) is 0.403. The molecule has 0 amide bonds. The van der Waals surface area contributed by atoms with Gasteiger partial charge in [-0.3, -0.25) is 4.79 Å². The number of hydrogen-bond acceptors (Lipinski definition) is 7. The molecule has 0 spiro atoms. The lowest BCUT2D eigenvalue weighted by Gasteiger charge is -2.48. The molecule has 1 aliphatic rings. The van der Waals surface area contributed by atoms with Crippen molar-refractivity contribution in [1.82, 2.24) is 20.3 Å². The first-order chi connectivity index (χ1) is 11.7. The highest BCUT2D eigenvalue weighted by Gasteiger charge is 2.42. The van der Waals surface area contributed by atoms with Crippen molar-refractivity contribution in [2.75, 3.05) is 7.11 Å². The molecule has 7 nitrogen and oxygen atoms in total. The number of methoxy groups -OCH3 is 1. The lowest BCUT2D eigenvalue weighted by molar-refractivity contribution is -0.149. The smallest absolute Gasteiger partial charge is 0.308 e. The molecule has 1 unspecified atom stereocenters. The molecule has 0 bridgehead atoms. The predicted octanol–water partition coefficient (Wildman–Crippen LogP) is 2.70. The van der Waals surface area contributed by atoms with Gasteiger partial charge in [-0.2, -0.15) is 9.97 Å². The lowest BCUT2D eigenvalue weighted by atomic mass is 9.70. The van der Waals surface area contributed by atoms with Gasteiger partial charge in [-0.05, 0) is 59.3 Å². The van der Waals surface area contributed by atoms with Crippen molar-refractivity contribution in [3.8, 4) is 0 Å². The summed E-state index contributed by atoms with van der Waals surface area (Å²) in [5, 5.41) is 3.66. The predicted molar refractivity (Wildman–Crippen MR) is 96.7 cm³/mol. The summed E-state index contributed by atoms with van der Waals surface area (Å²) < 4.78 is 5.08. The molecule has 0 aromatic carbocycles. The third kappa shape index (κ3) is 5.85. The summed E-state index contributed by atoms with van der Waals surface area (Å²) in [7, 11) is 1.46. The maximum atomic E-state index is 12.4. The maximum Gasteiger partial charge on any atom is 0.308 e. The van der Waals surface area contributed by atoms with Gasteiger partial charge in [-0.1, -0.05) is 0 Å². The minimum Gasteiger partial charge on any atom is -0.469 e. The summed E-state index contributed by atoms with van der Waals surface area (Å²) in [4.78, 5) is 28.3. The molecular weight excluding hydrogens is 318 g/mol. The van der Waals surface area contributed by atoms with Gasteiger partial charge in [0.05, 0.1) is 13.0 Å². The number of nitrogens with one attached hydrogen (secondary N) is 1. The van der Waals surface area contributed by atoms with Gasteiger partial charge in [0.25, 0.3) is 5.95 Å². The van der Waals surface area contributed by atoms with Crippen molar-refractivity contribution in [1.29, 1.82) is 0 Å². The second kappa shape index (κ2) is 7.99. The van der Waals surface area contributed by atoms with E-state index in [0.717, 1.165) is 12.8 Å². The van der Waals surface area contributed by atoms with Crippen LogP contribution in [-0.4, -0.2) is 45.3 Å². The van der Waals surface area contributed by atoms with Crippen molar-refractivity contribution in [2.45, 2.75) is 64.5 Å². The summed E-state index contributed by atoms with van der Waals surface area (Å²) >= 11 is 0. The van der Waals surface area contributed by atoms with Crippen LogP contribution in [0.25, 0.3) is 0 Å². The maximum absolute atomic E-state index is 12.4. The Morgan fingerprint density at radius 2 is 1.92 bits per heavy atom. The van der Waals surface area contributed by atoms with E-state index in [0.29, 0.717) is 18.8 Å². The number of nitrogens with zero attached hydrogens (tertiary/aromatic N) is 4. The van der Waals surface area contributed by atoms with Crippen LogP contribution in [0.15, 0.2) is 17.6 Å². The van der Waals surface area contributed by atoms with E-state index < -0.39 is 0 Å². The molecule has 25 heavy (non-hydrogen) atoms. The van der Waals surface area contributed by atoms with Gasteiger partial charge in [0, 0.05) is 17.3 Å². The summed E-state index contributed by atoms with van der Waals surface area (Å²) in [6.07, 6.45) is 7.87. The van der Waals surface area contributed by atoms with E-state index in [1.54, 1.807) is 6.21 Å². The van der Waals surface area contributed by atoms with Crippen LogP contribution in [0.5, 0.6) is 0 Å². The van der Waals surface area contributed by atoms with Gasteiger partial charge < -0.3 is 10.1 Å². The van der Waals surface area contributed by atoms with E-state index >= 15 is 0 Å². The highest BCUT2D eigenvalue weighted by atomic mass is 16.5. The van der Waals surface area contributed by atoms with Gasteiger partial charge in [0.15, 0.2) is 0 Å². The minimum atomic E-state index is -0.132. The second-order valence-corrected chi connectivity index (χ2v) is 8.02. The zero-order valence-corrected chi connectivity index (χ0v) is 15.8. The number of carbonyl (C=O) groups is 1. The van der Waals surface area contributed by atoms with Crippen LogP contribution in [-0.2, 0) is 9.53 Å². The fourth-order valence-electron chi connectivity index (χ4n) is 4.08. The zero-order valence-electron chi connectivity index (χ0n) is 15.8. The Morgan fingerprint density at radius 3 is 2.48 bits per heavy atom. The molecule has 2 rings (SSSR count). The standard InChI is InChI=1S/C18H29N5O2/c1-17(2)9-13(10-18(3,4)23-17)14(15(24)25-5)7-6-8-20-16-21-11-19-12-22-16/h8,11-14,23H,6-7,9-10H2,1-5H3. The molecule has 2 heterocycles. The van der Waals surface area contributed by atoms with Gasteiger partial charge in [0.1, 0.15) is 12.7 Å². The zero-order chi connectivity index (χ0) is 18.5. The Balaban J connectivity index is 2.03. The number of rotatable bonds is 6. The van der Waals surface area contributed by atoms with Crippen LogP contribution in [0, 0.1) is 11.8 Å². The Hall–Kier alpha value is -1.89. The molecule has 0 radical (unpaired) electrons. The third-order valence-electron chi connectivity index (χ3n) is 4.59. The molecule has 0 saturated carbocycles. The summed E-state index contributed by atoms with van der Waals surface area (Å²) in [5.41, 5.74) is -0.00465. The quantitative estimate of drug-likeness (QED) is 0.628. The molecule has 0 aliphatic carbocycles. The number of hydrogen-bond donors (Lipinski definition) is 1. The lowest BCUT2D eigenvalue weighted by Crippen LogP contribution is -2.59. The second-order valence-electron chi connectivity index (χ2n) is 8.02. The normalized spacial score (nSPS) is 21.2. The number of piperidine rings is 1. The number of carbonyl (C=O) groups excluding carboxylic acids is 1. The van der Waals surface area contributed by atoms with Crippen LogP contribution < -0.4 is 5.32 Å². The van der Waals surface area contributed by atoms with E-state index in [1.807, 2.05) is 0 Å². The molecule has 1 saturated heterocycles. The molecule has 1 fully saturated rings. The van der Waals surface area contributed by atoms with Crippen LogP contribution in [0.3, 0.4) is 0 Å². The van der Waals surface area contributed by atoms with Crippen LogP contribution in [0.1, 0.15) is 53.4 Å². The van der Waals surface area contributed by atoms with Crippen molar-refractivity contribution < 1.29 is 9.53 Å². The Kier molecular flexibility index (Phi) is 6.21. The topological polar surface area (TPSA) is 89.4 Å². The van der Waals surface area contributed by atoms with Crippen molar-refractivity contribution in [3.05, 3.63) is 12.7 Å². The molecule has 1 aromatic rings. The van der Waals surface area contributed by atoms with E-state index in [-0.39, 0.29) is 28.9 Å². The fourth-order valence-corrected chi connectivity index (χ4v) is 4.08. The monoisotopic (exact) mass is 347 g/mol. The average Bonchev–Trinajstić information content (AvgIpc) is 2.52. The Morgan fingerprint density at radius 1 is 1.32 bits per heavy atom. The van der Waals surface area contributed by atoms with E-state index in [2.05, 4.69) is 53.0 Å². The first-order valence-electron chi connectivity index (χ1n) is 8.74. The molecular formula is C18H29N5O2. The van der Waals surface area contributed by atoms with Crippen LogP contribution in [0.4, 0.5) is 5.95 Å². The number of aromatic nitrogens is 3. The summed E-state index contributed by atoms with van der Waals surface area (Å²) in [6, 6.07) is 0. The van der Waals surface area contributed by atoms with Gasteiger partial charge in [-0.15, -0.1) is 0 Å².